The fraction of sp³-hybridized carbons (Fsp3) is 0.562. The number of benzene rings is 1. The number of aliphatic hydroxyl groups excluding tert-OH is 1. The van der Waals surface area contributed by atoms with E-state index in [0.717, 1.165) is 12.1 Å². The van der Waals surface area contributed by atoms with Gasteiger partial charge in [-0.15, -0.1) is 12.4 Å². The molecule has 0 aliphatic rings. The molecule has 0 aliphatic carbocycles. The summed E-state index contributed by atoms with van der Waals surface area (Å²) in [4.78, 5) is 11.8. The van der Waals surface area contributed by atoms with Gasteiger partial charge in [-0.3, -0.25) is 4.79 Å². The average molecular weight is 385 g/mol. The topological polar surface area (TPSA) is 84.6 Å². The Morgan fingerprint density at radius 2 is 1.76 bits per heavy atom. The second-order valence-corrected chi connectivity index (χ2v) is 6.58. The van der Waals surface area contributed by atoms with Gasteiger partial charge in [0.2, 0.25) is 5.91 Å². The molecule has 0 spiro atoms. The van der Waals surface area contributed by atoms with Gasteiger partial charge in [0.05, 0.1) is 11.6 Å². The molecule has 2 atom stereocenters. The number of halogens is 4. The first-order chi connectivity index (χ1) is 10.9. The van der Waals surface area contributed by atoms with E-state index in [4.69, 9.17) is 10.5 Å². The molecule has 1 amide bonds. The van der Waals surface area contributed by atoms with Crippen LogP contribution in [0.3, 0.4) is 0 Å². The predicted molar refractivity (Wildman–Crippen MR) is 90.6 cm³/mol. The van der Waals surface area contributed by atoms with Gasteiger partial charge in [-0.2, -0.15) is 13.2 Å². The first-order valence-electron chi connectivity index (χ1n) is 7.42. The highest BCUT2D eigenvalue weighted by Crippen LogP contribution is 2.30. The van der Waals surface area contributed by atoms with Crippen molar-refractivity contribution >= 4 is 18.3 Å². The maximum Gasteiger partial charge on any atom is 0.416 e. The summed E-state index contributed by atoms with van der Waals surface area (Å²) in [5, 5.41) is 12.3. The molecule has 144 valence electrons. The number of ether oxygens (including phenoxy) is 1. The molecule has 4 N–H and O–H groups in total. The lowest BCUT2D eigenvalue weighted by Crippen LogP contribution is -2.50. The second kappa shape index (κ2) is 9.26. The lowest BCUT2D eigenvalue weighted by atomic mass is 9.87. The number of aliphatic hydroxyl groups is 1. The van der Waals surface area contributed by atoms with Crippen molar-refractivity contribution in [3.8, 4) is 5.75 Å². The number of carbonyl (C=O) groups is 1. The van der Waals surface area contributed by atoms with E-state index in [9.17, 15) is 23.1 Å². The Bertz CT molecular complexity index is 545. The molecule has 1 rings (SSSR count). The quantitative estimate of drug-likeness (QED) is 0.703. The molecule has 1 aromatic rings. The molecule has 0 saturated carbocycles. The summed E-state index contributed by atoms with van der Waals surface area (Å²) in [6, 6.07) is 3.41. The number of carbonyl (C=O) groups excluding carboxylic acids is 1. The minimum atomic E-state index is -4.41. The van der Waals surface area contributed by atoms with Gasteiger partial charge in [0.15, 0.2) is 0 Å². The Morgan fingerprint density at radius 3 is 2.20 bits per heavy atom. The summed E-state index contributed by atoms with van der Waals surface area (Å²) in [7, 11) is 0. The van der Waals surface area contributed by atoms with Gasteiger partial charge in [-0.25, -0.2) is 0 Å². The molecule has 0 fully saturated rings. The number of rotatable bonds is 6. The van der Waals surface area contributed by atoms with Crippen molar-refractivity contribution in [2.45, 2.75) is 39.1 Å². The van der Waals surface area contributed by atoms with Gasteiger partial charge in [0, 0.05) is 6.54 Å². The summed E-state index contributed by atoms with van der Waals surface area (Å²) < 4.78 is 42.5. The Labute approximate surface area is 151 Å². The lowest BCUT2D eigenvalue weighted by Gasteiger charge is -2.26. The van der Waals surface area contributed by atoms with Gasteiger partial charge in [0.25, 0.3) is 0 Å². The molecule has 0 aliphatic heterocycles. The van der Waals surface area contributed by atoms with Crippen LogP contribution in [0.25, 0.3) is 0 Å². The van der Waals surface area contributed by atoms with Gasteiger partial charge in [-0.05, 0) is 29.7 Å². The highest BCUT2D eigenvalue weighted by Gasteiger charge is 2.30. The smallest absolute Gasteiger partial charge is 0.416 e. The van der Waals surface area contributed by atoms with E-state index in [1.54, 1.807) is 0 Å². The first kappa shape index (κ1) is 23.5. The van der Waals surface area contributed by atoms with E-state index in [2.05, 4.69) is 5.32 Å². The predicted octanol–water partition coefficient (Wildman–Crippen LogP) is 2.36. The second-order valence-electron chi connectivity index (χ2n) is 6.58. The first-order valence-corrected chi connectivity index (χ1v) is 7.42. The molecule has 0 heterocycles. The van der Waals surface area contributed by atoms with Crippen LogP contribution in [0.4, 0.5) is 13.2 Å². The minimum Gasteiger partial charge on any atom is -0.491 e. The zero-order valence-electron chi connectivity index (χ0n) is 14.3. The van der Waals surface area contributed by atoms with E-state index in [0.29, 0.717) is 0 Å². The molecule has 0 aromatic heterocycles. The van der Waals surface area contributed by atoms with E-state index < -0.39 is 35.2 Å². The van der Waals surface area contributed by atoms with Crippen LogP contribution in [-0.4, -0.2) is 36.3 Å². The third-order valence-corrected chi connectivity index (χ3v) is 3.35. The molecule has 0 radical (unpaired) electrons. The molecule has 1 unspecified atom stereocenters. The van der Waals surface area contributed by atoms with Crippen LogP contribution in [0, 0.1) is 5.41 Å². The third-order valence-electron chi connectivity index (χ3n) is 3.35. The van der Waals surface area contributed by atoms with Crippen molar-refractivity contribution in [3.05, 3.63) is 29.8 Å². The average Bonchev–Trinajstić information content (AvgIpc) is 2.48. The van der Waals surface area contributed by atoms with Gasteiger partial charge in [0.1, 0.15) is 18.5 Å². The number of nitrogens with two attached hydrogens (primary N) is 1. The van der Waals surface area contributed by atoms with Gasteiger partial charge < -0.3 is 20.9 Å². The van der Waals surface area contributed by atoms with Crippen molar-refractivity contribution in [3.63, 3.8) is 0 Å². The fourth-order valence-corrected chi connectivity index (χ4v) is 1.71. The highest BCUT2D eigenvalue weighted by molar-refractivity contribution is 5.85. The minimum absolute atomic E-state index is 0. The van der Waals surface area contributed by atoms with Crippen LogP contribution in [0.15, 0.2) is 24.3 Å². The van der Waals surface area contributed by atoms with E-state index in [1.165, 1.54) is 12.1 Å². The Balaban J connectivity index is 0.00000576. The molecule has 5 nitrogen and oxygen atoms in total. The zero-order chi connectivity index (χ0) is 18.5. The molecule has 0 saturated heterocycles. The van der Waals surface area contributed by atoms with Crippen molar-refractivity contribution in [2.75, 3.05) is 13.2 Å². The monoisotopic (exact) mass is 384 g/mol. The molecule has 25 heavy (non-hydrogen) atoms. The number of alkyl halides is 3. The van der Waals surface area contributed by atoms with Crippen molar-refractivity contribution in [2.24, 2.45) is 11.1 Å². The van der Waals surface area contributed by atoms with Crippen molar-refractivity contribution in [1.82, 2.24) is 5.32 Å². The van der Waals surface area contributed by atoms with Gasteiger partial charge in [-0.1, -0.05) is 20.8 Å². The summed E-state index contributed by atoms with van der Waals surface area (Å²) >= 11 is 0. The molecule has 0 bridgehead atoms. The van der Waals surface area contributed by atoms with E-state index in [1.807, 2.05) is 20.8 Å². The van der Waals surface area contributed by atoms with Crippen LogP contribution in [-0.2, 0) is 11.0 Å². The van der Waals surface area contributed by atoms with Crippen molar-refractivity contribution in [1.29, 1.82) is 0 Å². The fourth-order valence-electron chi connectivity index (χ4n) is 1.71. The maximum absolute atomic E-state index is 12.4. The molecular weight excluding hydrogens is 361 g/mol. The van der Waals surface area contributed by atoms with Crippen molar-refractivity contribution < 1.29 is 27.8 Å². The third kappa shape index (κ3) is 7.94. The number of nitrogens with one attached hydrogen (secondary N) is 1. The van der Waals surface area contributed by atoms with Gasteiger partial charge >= 0.3 is 6.18 Å². The summed E-state index contributed by atoms with van der Waals surface area (Å²) in [5.41, 5.74) is 4.59. The highest BCUT2D eigenvalue weighted by atomic mass is 35.5. The van der Waals surface area contributed by atoms with Crippen LogP contribution in [0.5, 0.6) is 5.75 Å². The summed E-state index contributed by atoms with van der Waals surface area (Å²) in [5.74, 6) is -0.198. The number of amides is 1. The van der Waals surface area contributed by atoms with Crippen LogP contribution >= 0.6 is 12.4 Å². The zero-order valence-corrected chi connectivity index (χ0v) is 15.1. The van der Waals surface area contributed by atoms with Crippen LogP contribution in [0.2, 0.25) is 0 Å². The summed E-state index contributed by atoms with van der Waals surface area (Å²) in [6.45, 7) is 5.23. The standard InChI is InChI=1S/C16H23F3N2O3.ClH/c1-15(2,3)13(20)14(23)21-8-11(22)9-24-12-6-4-10(5-7-12)16(17,18)19;/h4-7,11,13,22H,8-9,20H2,1-3H3,(H,21,23);1H/t11?,13-;/m1./s1. The lowest BCUT2D eigenvalue weighted by molar-refractivity contribution is -0.137. The number of hydrogen-bond donors (Lipinski definition) is 3. The van der Waals surface area contributed by atoms with E-state index in [-0.39, 0.29) is 31.3 Å². The molecular formula is C16H24ClF3N2O3. The molecule has 9 heteroatoms. The Kier molecular flexibility index (Phi) is 8.70. The SMILES string of the molecule is CC(C)(C)[C@H](N)C(=O)NCC(O)COc1ccc(C(F)(F)F)cc1.Cl. The maximum atomic E-state index is 12.4. The summed E-state index contributed by atoms with van der Waals surface area (Å²) in [6.07, 6.45) is -5.42. The number of hydrogen-bond acceptors (Lipinski definition) is 4. The molecule has 1 aromatic carbocycles. The largest absolute Gasteiger partial charge is 0.491 e. The van der Waals surface area contributed by atoms with E-state index >= 15 is 0 Å². The van der Waals surface area contributed by atoms with Crippen LogP contribution < -0.4 is 15.8 Å². The Hall–Kier alpha value is -1.51. The van der Waals surface area contributed by atoms with Crippen LogP contribution in [0.1, 0.15) is 26.3 Å². The normalized spacial score (nSPS) is 14.2. The Morgan fingerprint density at radius 1 is 1.24 bits per heavy atom.